The second-order valence-corrected chi connectivity index (χ2v) is 7.99. The first-order valence-electron chi connectivity index (χ1n) is 10.2. The van der Waals surface area contributed by atoms with E-state index < -0.39 is 4.92 Å². The third-order valence-electron chi connectivity index (χ3n) is 5.31. The van der Waals surface area contributed by atoms with Crippen LogP contribution in [-0.4, -0.2) is 64.0 Å². The summed E-state index contributed by atoms with van der Waals surface area (Å²) in [5.41, 5.74) is 0.548. The Bertz CT molecular complexity index is 889. The van der Waals surface area contributed by atoms with Crippen LogP contribution in [0.5, 0.6) is 0 Å². The molecule has 2 heterocycles. The van der Waals surface area contributed by atoms with Crippen molar-refractivity contribution in [3.63, 3.8) is 0 Å². The monoisotopic (exact) mass is 415 g/mol. The Kier molecular flexibility index (Phi) is 7.17. The third kappa shape index (κ3) is 5.22. The molecule has 1 aromatic carbocycles. The van der Waals surface area contributed by atoms with E-state index in [0.717, 1.165) is 19.5 Å². The van der Waals surface area contributed by atoms with E-state index in [1.54, 1.807) is 29.9 Å². The maximum atomic E-state index is 12.7. The van der Waals surface area contributed by atoms with Gasteiger partial charge in [0.2, 0.25) is 5.78 Å². The summed E-state index contributed by atoms with van der Waals surface area (Å²) in [7, 11) is 1.71. The molecule has 1 aromatic heterocycles. The maximum Gasteiger partial charge on any atom is 0.293 e. The van der Waals surface area contributed by atoms with Crippen LogP contribution in [0.15, 0.2) is 30.6 Å². The van der Waals surface area contributed by atoms with E-state index in [0.29, 0.717) is 31.4 Å². The summed E-state index contributed by atoms with van der Waals surface area (Å²) in [4.78, 5) is 30.3. The first-order chi connectivity index (χ1) is 14.4. The fraction of sp³-hybridized carbons (Fsp3) is 0.524. The molecule has 0 aliphatic carbocycles. The van der Waals surface area contributed by atoms with Gasteiger partial charge in [-0.25, -0.2) is 4.98 Å². The Morgan fingerprint density at radius 3 is 2.67 bits per heavy atom. The Balaban J connectivity index is 1.78. The lowest BCUT2D eigenvalue weighted by Gasteiger charge is -2.35. The zero-order valence-electron chi connectivity index (χ0n) is 17.7. The minimum Gasteiger partial charge on any atom is -0.379 e. The van der Waals surface area contributed by atoms with Crippen molar-refractivity contribution >= 4 is 17.2 Å². The van der Waals surface area contributed by atoms with Gasteiger partial charge in [0, 0.05) is 56.7 Å². The van der Waals surface area contributed by atoms with Gasteiger partial charge in [-0.1, -0.05) is 13.8 Å². The first-order valence-corrected chi connectivity index (χ1v) is 10.2. The van der Waals surface area contributed by atoms with E-state index in [4.69, 9.17) is 4.74 Å². The number of nitro groups is 1. The smallest absolute Gasteiger partial charge is 0.293 e. The van der Waals surface area contributed by atoms with Gasteiger partial charge in [-0.3, -0.25) is 19.8 Å². The fourth-order valence-electron chi connectivity index (χ4n) is 3.76. The van der Waals surface area contributed by atoms with Crippen LogP contribution in [-0.2, 0) is 11.8 Å². The van der Waals surface area contributed by atoms with Gasteiger partial charge in [-0.2, -0.15) is 0 Å². The molecule has 1 aliphatic rings. The summed E-state index contributed by atoms with van der Waals surface area (Å²) in [5, 5.41) is 14.9. The predicted octanol–water partition coefficient (Wildman–Crippen LogP) is 2.72. The number of carbonyl (C=O) groups is 1. The van der Waals surface area contributed by atoms with Crippen LogP contribution in [0.4, 0.5) is 11.4 Å². The lowest BCUT2D eigenvalue weighted by atomic mass is 10.0. The van der Waals surface area contributed by atoms with Crippen molar-refractivity contribution in [2.45, 2.75) is 26.3 Å². The molecule has 1 aliphatic heterocycles. The Hall–Kier alpha value is -2.78. The van der Waals surface area contributed by atoms with Crippen molar-refractivity contribution in [3.8, 4) is 0 Å². The van der Waals surface area contributed by atoms with Crippen LogP contribution >= 0.6 is 0 Å². The van der Waals surface area contributed by atoms with Crippen LogP contribution in [0.25, 0.3) is 0 Å². The normalized spacial score (nSPS) is 15.9. The zero-order chi connectivity index (χ0) is 21.7. The summed E-state index contributed by atoms with van der Waals surface area (Å²) in [6.45, 7) is 8.07. The predicted molar refractivity (Wildman–Crippen MR) is 114 cm³/mol. The SMILES string of the molecule is CC(C)CC(CNc1ccc(C(=O)c2nccn2C)cc1[N+](=O)[O-])N1CCOCC1. The van der Waals surface area contributed by atoms with Gasteiger partial charge in [0.1, 0.15) is 5.69 Å². The van der Waals surface area contributed by atoms with E-state index in [1.165, 1.54) is 12.3 Å². The number of nitrogens with one attached hydrogen (secondary N) is 1. The van der Waals surface area contributed by atoms with Crippen LogP contribution in [0.1, 0.15) is 36.5 Å². The Morgan fingerprint density at radius 1 is 1.33 bits per heavy atom. The van der Waals surface area contributed by atoms with E-state index in [2.05, 4.69) is 29.0 Å². The van der Waals surface area contributed by atoms with Crippen LogP contribution in [0, 0.1) is 16.0 Å². The average Bonchev–Trinajstić information content (AvgIpc) is 3.16. The summed E-state index contributed by atoms with van der Waals surface area (Å²) in [6, 6.07) is 4.80. The molecule has 1 atom stereocenters. The second-order valence-electron chi connectivity index (χ2n) is 7.99. The average molecular weight is 415 g/mol. The number of imidazole rings is 1. The fourth-order valence-corrected chi connectivity index (χ4v) is 3.76. The number of rotatable bonds is 9. The van der Waals surface area contributed by atoms with Crippen LogP contribution in [0.2, 0.25) is 0 Å². The quantitative estimate of drug-likeness (QED) is 0.382. The van der Waals surface area contributed by atoms with Gasteiger partial charge in [0.05, 0.1) is 18.1 Å². The number of carbonyl (C=O) groups excluding carboxylic acids is 1. The van der Waals surface area contributed by atoms with Gasteiger partial charge in [0.25, 0.3) is 5.69 Å². The molecule has 1 fully saturated rings. The molecule has 0 radical (unpaired) electrons. The van der Waals surface area contributed by atoms with E-state index in [9.17, 15) is 14.9 Å². The molecule has 1 N–H and O–H groups in total. The van der Waals surface area contributed by atoms with Crippen molar-refractivity contribution in [1.82, 2.24) is 14.5 Å². The van der Waals surface area contributed by atoms with E-state index in [1.807, 2.05) is 0 Å². The molecular weight excluding hydrogens is 386 g/mol. The van der Waals surface area contributed by atoms with Gasteiger partial charge < -0.3 is 14.6 Å². The van der Waals surface area contributed by atoms with Gasteiger partial charge >= 0.3 is 0 Å². The number of ether oxygens (including phenoxy) is 1. The van der Waals surface area contributed by atoms with Crippen molar-refractivity contribution in [3.05, 3.63) is 52.1 Å². The number of aryl methyl sites for hydroxylation is 1. The number of nitro benzene ring substituents is 1. The molecule has 0 amide bonds. The molecule has 1 unspecified atom stereocenters. The summed E-state index contributed by atoms with van der Waals surface area (Å²) in [5.74, 6) is 0.407. The number of morpholine rings is 1. The highest BCUT2D eigenvalue weighted by molar-refractivity contribution is 6.07. The Morgan fingerprint density at radius 2 is 2.07 bits per heavy atom. The molecule has 9 heteroatoms. The Labute approximate surface area is 176 Å². The van der Waals surface area contributed by atoms with Crippen molar-refractivity contribution < 1.29 is 14.5 Å². The highest BCUT2D eigenvalue weighted by Crippen LogP contribution is 2.27. The molecule has 1 saturated heterocycles. The second kappa shape index (κ2) is 9.82. The maximum absolute atomic E-state index is 12.7. The van der Waals surface area contributed by atoms with E-state index >= 15 is 0 Å². The minimum absolute atomic E-state index is 0.111. The number of benzene rings is 1. The molecule has 0 spiro atoms. The highest BCUT2D eigenvalue weighted by atomic mass is 16.6. The number of hydrogen-bond donors (Lipinski definition) is 1. The van der Waals surface area contributed by atoms with Crippen molar-refractivity contribution in [2.24, 2.45) is 13.0 Å². The number of hydrogen-bond acceptors (Lipinski definition) is 7. The highest BCUT2D eigenvalue weighted by Gasteiger charge is 2.24. The standard InChI is InChI=1S/C21H29N5O4/c1-15(2)12-17(25-8-10-30-11-9-25)14-23-18-5-4-16(13-19(18)26(28)29)20(27)21-22-6-7-24(21)3/h4-7,13,15,17,23H,8-12,14H2,1-3H3. The van der Waals surface area contributed by atoms with Gasteiger partial charge in [-0.05, 0) is 24.5 Å². The van der Waals surface area contributed by atoms with Gasteiger partial charge in [-0.15, -0.1) is 0 Å². The molecule has 0 bridgehead atoms. The molecule has 162 valence electrons. The van der Waals surface area contributed by atoms with Gasteiger partial charge in [0.15, 0.2) is 5.82 Å². The van der Waals surface area contributed by atoms with Crippen LogP contribution in [0.3, 0.4) is 0 Å². The van der Waals surface area contributed by atoms with Crippen LogP contribution < -0.4 is 5.32 Å². The summed E-state index contributed by atoms with van der Waals surface area (Å²) in [6.07, 6.45) is 4.17. The molecule has 3 rings (SSSR count). The minimum atomic E-state index is -0.455. The molecule has 30 heavy (non-hydrogen) atoms. The molecule has 0 saturated carbocycles. The number of aromatic nitrogens is 2. The molecule has 9 nitrogen and oxygen atoms in total. The van der Waals surface area contributed by atoms with Crippen molar-refractivity contribution in [2.75, 3.05) is 38.2 Å². The van der Waals surface area contributed by atoms with E-state index in [-0.39, 0.29) is 28.9 Å². The topological polar surface area (TPSA) is 103 Å². The third-order valence-corrected chi connectivity index (χ3v) is 5.31. The lowest BCUT2D eigenvalue weighted by Crippen LogP contribution is -2.47. The molecular formula is C21H29N5O4. The summed E-state index contributed by atoms with van der Waals surface area (Å²) >= 11 is 0. The number of ketones is 1. The molecule has 2 aromatic rings. The van der Waals surface area contributed by atoms with Crippen molar-refractivity contribution in [1.29, 1.82) is 0 Å². The summed E-state index contributed by atoms with van der Waals surface area (Å²) < 4.78 is 7.05. The zero-order valence-corrected chi connectivity index (χ0v) is 17.7. The number of anilines is 1. The first kappa shape index (κ1) is 21.9. The lowest BCUT2D eigenvalue weighted by molar-refractivity contribution is -0.384. The number of nitrogens with zero attached hydrogens (tertiary/aromatic N) is 4. The largest absolute Gasteiger partial charge is 0.379 e.